The Balaban J connectivity index is 1.01. The summed E-state index contributed by atoms with van der Waals surface area (Å²) >= 11 is 6.06. The summed E-state index contributed by atoms with van der Waals surface area (Å²) in [6, 6.07) is 3.44. The Morgan fingerprint density at radius 1 is 0.951 bits per heavy atom. The number of nitrogens with zero attached hydrogens (tertiary/aromatic N) is 2. The fourth-order valence-corrected chi connectivity index (χ4v) is 17.5. The largest absolute Gasteiger partial charge is 0.493 e. The number of fused-ring (bicyclic) bond motifs is 7. The van der Waals surface area contributed by atoms with Crippen LogP contribution < -0.4 is 10.1 Å². The molecule has 1 saturated heterocycles. The van der Waals surface area contributed by atoms with Crippen molar-refractivity contribution >= 4 is 27.4 Å². The lowest BCUT2D eigenvalue weighted by Crippen LogP contribution is -2.70. The maximum absolute atomic E-state index is 12.9. The van der Waals surface area contributed by atoms with E-state index in [0.717, 1.165) is 37.8 Å². The summed E-state index contributed by atoms with van der Waals surface area (Å²) in [7, 11) is -2.87. The summed E-state index contributed by atoms with van der Waals surface area (Å²) in [5.41, 5.74) is 3.02. The van der Waals surface area contributed by atoms with Gasteiger partial charge in [0.1, 0.15) is 10.9 Å². The zero-order chi connectivity index (χ0) is 43.7. The number of aromatic nitrogens is 1. The molecule has 0 radical (unpaired) electrons. The Hall–Kier alpha value is -1.94. The predicted octanol–water partition coefficient (Wildman–Crippen LogP) is 11.0. The number of aliphatic carboxylic acids is 1. The molecule has 5 fully saturated rings. The van der Waals surface area contributed by atoms with Gasteiger partial charge < -0.3 is 20.1 Å². The second-order valence-electron chi connectivity index (χ2n) is 22.7. The third-order valence-corrected chi connectivity index (χ3v) is 22.3. The Kier molecular flexibility index (Phi) is 12.3. The molecule has 0 aromatic carbocycles. The van der Waals surface area contributed by atoms with Crippen LogP contribution in [-0.2, 0) is 14.6 Å². The molecule has 2 N–H and O–H groups in total. The summed E-state index contributed by atoms with van der Waals surface area (Å²) in [6.07, 6.45) is 24.3. The van der Waals surface area contributed by atoms with Crippen LogP contribution in [0.25, 0.3) is 0 Å². The number of carboxylic acid groups (broad SMARTS) is 1. The maximum Gasteiger partial charge on any atom is 0.310 e. The van der Waals surface area contributed by atoms with E-state index < -0.39 is 21.2 Å². The van der Waals surface area contributed by atoms with Gasteiger partial charge >= 0.3 is 5.97 Å². The quantitative estimate of drug-likeness (QED) is 0.189. The molecule has 4 unspecified atom stereocenters. The number of nitrogens with one attached hydrogen (secondary N) is 1. The third kappa shape index (κ3) is 7.49. The standard InChI is InChI=1S/C51H78ClN3O5S/c1-8-9-10-37-15-21-51(54-28-29-55-30-33-61(58,59)34-31-55)25-23-46(4)40(43(37)51)11-12-41-47(46,5)22-24-49(7)45(2,3)39(16-18-48(41,49)6)36-13-19-50(20-14-36,44(56)57)26-32-60-38-17-27-53-42(52)35-38/h13,16-17,27,35,37,40-41,43,54H,8-12,14-15,18-26,28-34H2,1-7H3,(H,56,57)/t37-,40-,41+,43-,46-,47-,48?,49?,50?,51?/m1/s1. The highest BCUT2D eigenvalue weighted by atomic mass is 35.5. The summed E-state index contributed by atoms with van der Waals surface area (Å²) in [6.45, 7) is 21.8. The van der Waals surface area contributed by atoms with E-state index in [4.69, 9.17) is 16.3 Å². The molecule has 0 amide bonds. The van der Waals surface area contributed by atoms with Gasteiger partial charge in [-0.15, -0.1) is 0 Å². The minimum Gasteiger partial charge on any atom is -0.493 e. The van der Waals surface area contributed by atoms with Crippen LogP contribution >= 0.6 is 11.6 Å². The van der Waals surface area contributed by atoms with Crippen LogP contribution in [0.15, 0.2) is 41.6 Å². The number of hydrogen-bond acceptors (Lipinski definition) is 7. The van der Waals surface area contributed by atoms with Gasteiger partial charge in [0.05, 0.1) is 23.5 Å². The first kappa shape index (κ1) is 45.6. The Morgan fingerprint density at radius 2 is 1.70 bits per heavy atom. The predicted molar refractivity (Wildman–Crippen MR) is 247 cm³/mol. The average Bonchev–Trinajstić information content (AvgIpc) is 3.58. The molecule has 8 nitrogen and oxygen atoms in total. The molecule has 1 aromatic rings. The Morgan fingerprint density at radius 3 is 2.39 bits per heavy atom. The van der Waals surface area contributed by atoms with Crippen LogP contribution in [0.3, 0.4) is 0 Å². The van der Waals surface area contributed by atoms with Crippen LogP contribution in [0.2, 0.25) is 5.15 Å². The highest BCUT2D eigenvalue weighted by molar-refractivity contribution is 7.91. The van der Waals surface area contributed by atoms with Gasteiger partial charge in [-0.05, 0) is 151 Å². The van der Waals surface area contributed by atoms with Crippen molar-refractivity contribution in [3.8, 4) is 5.75 Å². The van der Waals surface area contributed by atoms with Gasteiger partial charge in [-0.3, -0.25) is 4.79 Å². The molecule has 10 atom stereocenters. The first-order valence-electron chi connectivity index (χ1n) is 24.3. The van der Waals surface area contributed by atoms with E-state index >= 15 is 0 Å². The molecule has 1 aromatic heterocycles. The minimum atomic E-state index is -2.87. The van der Waals surface area contributed by atoms with Crippen LogP contribution in [-0.4, -0.2) is 79.2 Å². The number of pyridine rings is 1. The number of rotatable bonds is 13. The highest BCUT2D eigenvalue weighted by Gasteiger charge is 2.73. The topological polar surface area (TPSA) is 109 Å². The second-order valence-corrected chi connectivity index (χ2v) is 25.4. The fourth-order valence-electron chi connectivity index (χ4n) is 16.1. The fraction of sp³-hybridized carbons (Fsp3) is 0.804. The number of carbonyl (C=O) groups is 1. The van der Waals surface area contributed by atoms with E-state index in [0.29, 0.717) is 78.6 Å². The molecule has 340 valence electrons. The zero-order valence-corrected chi connectivity index (χ0v) is 40.3. The monoisotopic (exact) mass is 880 g/mol. The zero-order valence-electron chi connectivity index (χ0n) is 38.7. The van der Waals surface area contributed by atoms with E-state index in [-0.39, 0.29) is 27.2 Å². The van der Waals surface area contributed by atoms with Gasteiger partial charge in [-0.1, -0.05) is 91.5 Å². The van der Waals surface area contributed by atoms with Gasteiger partial charge in [-0.2, -0.15) is 0 Å². The molecule has 6 aliphatic carbocycles. The lowest BCUT2D eigenvalue weighted by molar-refractivity contribution is -0.248. The van der Waals surface area contributed by atoms with Gasteiger partial charge in [0.25, 0.3) is 0 Å². The Bertz CT molecular complexity index is 1990. The molecule has 2 heterocycles. The number of unbranched alkanes of at least 4 members (excludes halogenated alkanes) is 1. The Labute approximate surface area is 373 Å². The van der Waals surface area contributed by atoms with E-state index in [2.05, 4.69) is 75.8 Å². The highest BCUT2D eigenvalue weighted by Crippen LogP contribution is 2.79. The van der Waals surface area contributed by atoms with Crippen molar-refractivity contribution < 1.29 is 23.1 Å². The first-order valence-corrected chi connectivity index (χ1v) is 26.5. The summed E-state index contributed by atoms with van der Waals surface area (Å²) in [5, 5.41) is 15.2. The normalized spacial score (nSPS) is 41.6. The van der Waals surface area contributed by atoms with Crippen molar-refractivity contribution in [3.05, 3.63) is 46.8 Å². The number of hydrogen-bond donors (Lipinski definition) is 2. The van der Waals surface area contributed by atoms with Crippen molar-refractivity contribution in [3.63, 3.8) is 0 Å². The SMILES string of the molecule is CCCC[C@@H]1CCC2(NCCN3CCS(=O)(=O)CC3)CC[C@]3(C)[C@H](CC[C@@H]4C5(C)CC=C(C6=CCC(CCOc7ccnc(Cl)c7)(C(=O)O)CC6)C(C)(C)C5(C)CC[C@]43C)[C@@H]12. The molecule has 7 aliphatic rings. The summed E-state index contributed by atoms with van der Waals surface area (Å²) in [4.78, 5) is 19.3. The van der Waals surface area contributed by atoms with Gasteiger partial charge in [-0.25, -0.2) is 13.4 Å². The van der Waals surface area contributed by atoms with Crippen molar-refractivity contribution in [2.45, 2.75) is 157 Å². The lowest BCUT2D eigenvalue weighted by atomic mass is 9.29. The molecular weight excluding hydrogens is 802 g/mol. The van der Waals surface area contributed by atoms with Crippen LogP contribution in [0.5, 0.6) is 5.75 Å². The van der Waals surface area contributed by atoms with Gasteiger partial charge in [0, 0.05) is 44.0 Å². The number of ether oxygens (including phenoxy) is 1. The first-order chi connectivity index (χ1) is 28.8. The smallest absolute Gasteiger partial charge is 0.310 e. The van der Waals surface area contributed by atoms with Crippen molar-refractivity contribution in [2.24, 2.45) is 56.2 Å². The van der Waals surface area contributed by atoms with Crippen LogP contribution in [0, 0.1) is 56.2 Å². The van der Waals surface area contributed by atoms with E-state index in [1.807, 2.05) is 0 Å². The van der Waals surface area contributed by atoms with Gasteiger partial charge in [0.15, 0.2) is 9.84 Å². The molecular formula is C51H78ClN3O5S. The maximum atomic E-state index is 12.9. The summed E-state index contributed by atoms with van der Waals surface area (Å²) < 4.78 is 30.2. The van der Waals surface area contributed by atoms with Crippen molar-refractivity contribution in [2.75, 3.05) is 44.3 Å². The molecule has 0 bridgehead atoms. The minimum absolute atomic E-state index is 0.0429. The molecule has 8 rings (SSSR count). The third-order valence-electron chi connectivity index (χ3n) is 20.5. The van der Waals surface area contributed by atoms with Gasteiger partial charge in [0.2, 0.25) is 0 Å². The number of allylic oxidation sites excluding steroid dienone is 4. The molecule has 0 spiro atoms. The lowest BCUT2D eigenvalue weighted by Gasteiger charge is -2.75. The molecule has 10 heteroatoms. The van der Waals surface area contributed by atoms with Crippen molar-refractivity contribution in [1.29, 1.82) is 0 Å². The molecule has 1 aliphatic heterocycles. The van der Waals surface area contributed by atoms with Crippen molar-refractivity contribution in [1.82, 2.24) is 15.2 Å². The van der Waals surface area contributed by atoms with Crippen LogP contribution in [0.4, 0.5) is 0 Å². The van der Waals surface area contributed by atoms with E-state index in [1.165, 1.54) is 81.8 Å². The molecule has 4 saturated carbocycles. The second kappa shape index (κ2) is 16.5. The summed E-state index contributed by atoms with van der Waals surface area (Å²) in [5.74, 6) is 3.38. The van der Waals surface area contributed by atoms with E-state index in [9.17, 15) is 18.3 Å². The number of halogens is 1. The number of carboxylic acids is 1. The molecule has 61 heavy (non-hydrogen) atoms. The van der Waals surface area contributed by atoms with E-state index in [1.54, 1.807) is 18.3 Å². The van der Waals surface area contributed by atoms with Crippen LogP contribution in [0.1, 0.15) is 151 Å². The number of sulfone groups is 1. The average molecular weight is 881 g/mol.